The van der Waals surface area contributed by atoms with E-state index in [1.807, 2.05) is 0 Å². The molecule has 0 unspecified atom stereocenters. The summed E-state index contributed by atoms with van der Waals surface area (Å²) in [4.78, 5) is 27.1. The van der Waals surface area contributed by atoms with E-state index in [0.717, 1.165) is 0 Å². The van der Waals surface area contributed by atoms with E-state index in [2.05, 4.69) is 10.3 Å². The van der Waals surface area contributed by atoms with Crippen LogP contribution in [0.3, 0.4) is 0 Å². The van der Waals surface area contributed by atoms with Crippen LogP contribution in [0.25, 0.3) is 0 Å². The molecule has 0 aliphatic carbocycles. The van der Waals surface area contributed by atoms with Crippen LogP contribution in [0.1, 0.15) is 23.5 Å². The smallest absolute Gasteiger partial charge is 0.309 e. The van der Waals surface area contributed by atoms with Crippen molar-refractivity contribution in [3.05, 3.63) is 44.3 Å². The van der Waals surface area contributed by atoms with Gasteiger partial charge in [0, 0.05) is 10.4 Å². The van der Waals surface area contributed by atoms with Gasteiger partial charge >= 0.3 is 5.97 Å². The summed E-state index contributed by atoms with van der Waals surface area (Å²) in [5.41, 5.74) is 0.862. The maximum Gasteiger partial charge on any atom is 0.309 e. The maximum atomic E-state index is 12.2. The number of carbonyl (C=O) groups excluding carboxylic acids is 1. The molecular weight excluding hydrogens is 347 g/mol. The van der Waals surface area contributed by atoms with E-state index in [4.69, 9.17) is 28.3 Å². The van der Waals surface area contributed by atoms with Crippen LogP contribution >= 0.6 is 34.5 Å². The van der Waals surface area contributed by atoms with Gasteiger partial charge < -0.3 is 10.4 Å². The van der Waals surface area contributed by atoms with Crippen LogP contribution < -0.4 is 5.32 Å². The first-order valence-corrected chi connectivity index (χ1v) is 7.92. The minimum Gasteiger partial charge on any atom is -0.481 e. The fourth-order valence-electron chi connectivity index (χ4n) is 1.70. The molecule has 2 N–H and O–H groups in total. The second-order valence-corrected chi connectivity index (χ2v) is 6.32. The van der Waals surface area contributed by atoms with Crippen molar-refractivity contribution < 1.29 is 14.7 Å². The normalized spacial score (nSPS) is 12.0. The number of aromatic nitrogens is 1. The Morgan fingerprint density at radius 3 is 2.82 bits per heavy atom. The van der Waals surface area contributed by atoms with E-state index in [-0.39, 0.29) is 12.3 Å². The monoisotopic (exact) mass is 358 g/mol. The number of carbonyl (C=O) groups is 2. The van der Waals surface area contributed by atoms with Crippen molar-refractivity contribution in [1.29, 1.82) is 0 Å². The third-order valence-corrected chi connectivity index (χ3v) is 4.49. The van der Waals surface area contributed by atoms with Crippen molar-refractivity contribution in [2.45, 2.75) is 19.3 Å². The van der Waals surface area contributed by atoms with Crippen molar-refractivity contribution in [3.63, 3.8) is 0 Å². The lowest BCUT2D eigenvalue weighted by Gasteiger charge is -2.11. The van der Waals surface area contributed by atoms with Crippen LogP contribution in [0.2, 0.25) is 10.0 Å². The summed E-state index contributed by atoms with van der Waals surface area (Å²) < 4.78 is 0. The Morgan fingerprint density at radius 1 is 1.41 bits per heavy atom. The minimum atomic E-state index is -0.959. The third kappa shape index (κ3) is 4.19. The van der Waals surface area contributed by atoms with Crippen molar-refractivity contribution in [3.8, 4) is 0 Å². The summed E-state index contributed by atoms with van der Waals surface area (Å²) >= 11 is 13.1. The number of anilines is 1. The fraction of sp³-hybridized carbons (Fsp3) is 0.214. The number of benzene rings is 1. The summed E-state index contributed by atoms with van der Waals surface area (Å²) in [6, 6.07) is 4.78. The topological polar surface area (TPSA) is 79.3 Å². The predicted molar refractivity (Wildman–Crippen MR) is 87.0 cm³/mol. The Morgan fingerprint density at radius 2 is 2.14 bits per heavy atom. The third-order valence-electron chi connectivity index (χ3n) is 2.85. The number of nitrogens with one attached hydrogen (secondary N) is 1. The zero-order chi connectivity index (χ0) is 16.3. The lowest BCUT2D eigenvalue weighted by Crippen LogP contribution is -2.19. The maximum absolute atomic E-state index is 12.2. The SMILES string of the molecule is C[C@H](C(=O)Nc1cc(Cl)ccc1Cl)c1nc(CC(=O)O)cs1. The molecule has 1 aromatic heterocycles. The van der Waals surface area contributed by atoms with Gasteiger partial charge in [-0.1, -0.05) is 23.2 Å². The first-order chi connectivity index (χ1) is 10.4. The summed E-state index contributed by atoms with van der Waals surface area (Å²) in [6.07, 6.45) is -0.162. The van der Waals surface area contributed by atoms with E-state index < -0.39 is 11.9 Å². The molecule has 2 aromatic rings. The highest BCUT2D eigenvalue weighted by molar-refractivity contribution is 7.09. The molecule has 8 heteroatoms. The molecule has 0 spiro atoms. The molecular formula is C14H12Cl2N2O3S. The minimum absolute atomic E-state index is 0.162. The average molecular weight is 359 g/mol. The number of thiazole rings is 1. The highest BCUT2D eigenvalue weighted by Gasteiger charge is 2.20. The first kappa shape index (κ1) is 16.7. The van der Waals surface area contributed by atoms with E-state index >= 15 is 0 Å². The molecule has 1 atom stereocenters. The molecule has 0 radical (unpaired) electrons. The standard InChI is InChI=1S/C14H12Cl2N2O3S/c1-7(14-17-9(6-22-14)5-12(19)20)13(21)18-11-4-8(15)2-3-10(11)16/h2-4,6-7H,5H2,1H3,(H,18,21)(H,19,20)/t7-/m1/s1. The van der Waals surface area contributed by atoms with Crippen molar-refractivity contribution in [1.82, 2.24) is 4.98 Å². The molecule has 0 saturated heterocycles. The fourth-order valence-corrected chi connectivity index (χ4v) is 2.91. The van der Waals surface area contributed by atoms with Crippen LogP contribution in [0.5, 0.6) is 0 Å². The van der Waals surface area contributed by atoms with Crippen LogP contribution in [-0.2, 0) is 16.0 Å². The van der Waals surface area contributed by atoms with Gasteiger partial charge in [-0.25, -0.2) is 4.98 Å². The quantitative estimate of drug-likeness (QED) is 0.851. The Labute approximate surface area is 140 Å². The zero-order valence-corrected chi connectivity index (χ0v) is 13.8. The van der Waals surface area contributed by atoms with Crippen LogP contribution in [0.4, 0.5) is 5.69 Å². The van der Waals surface area contributed by atoms with Gasteiger partial charge in [0.1, 0.15) is 5.01 Å². The molecule has 1 amide bonds. The number of amides is 1. The molecule has 5 nitrogen and oxygen atoms in total. The van der Waals surface area contributed by atoms with E-state index in [9.17, 15) is 9.59 Å². The number of carboxylic acids is 1. The van der Waals surface area contributed by atoms with Gasteiger partial charge in [-0.15, -0.1) is 11.3 Å². The van der Waals surface area contributed by atoms with Gasteiger partial charge in [0.05, 0.1) is 28.7 Å². The van der Waals surface area contributed by atoms with Gasteiger partial charge in [-0.3, -0.25) is 9.59 Å². The van der Waals surface area contributed by atoms with E-state index in [0.29, 0.717) is 26.4 Å². The van der Waals surface area contributed by atoms with Crippen molar-refractivity contribution in [2.24, 2.45) is 0 Å². The lowest BCUT2D eigenvalue weighted by atomic mass is 10.1. The van der Waals surface area contributed by atoms with Crippen LogP contribution in [0.15, 0.2) is 23.6 Å². The largest absolute Gasteiger partial charge is 0.481 e. The Balaban J connectivity index is 2.10. The van der Waals surface area contributed by atoms with Gasteiger partial charge in [0.15, 0.2) is 0 Å². The molecule has 0 saturated carbocycles. The average Bonchev–Trinajstić information content (AvgIpc) is 2.89. The van der Waals surface area contributed by atoms with E-state index in [1.165, 1.54) is 11.3 Å². The zero-order valence-electron chi connectivity index (χ0n) is 11.5. The number of hydrogen-bond donors (Lipinski definition) is 2. The molecule has 0 fully saturated rings. The second kappa shape index (κ2) is 7.09. The predicted octanol–water partition coefficient (Wildman–Crippen LogP) is 3.82. The number of rotatable bonds is 5. The Bertz CT molecular complexity index is 718. The Hall–Kier alpha value is -1.63. The lowest BCUT2D eigenvalue weighted by molar-refractivity contribution is -0.136. The van der Waals surface area contributed by atoms with Crippen molar-refractivity contribution in [2.75, 3.05) is 5.32 Å². The highest BCUT2D eigenvalue weighted by Crippen LogP contribution is 2.28. The summed E-state index contributed by atoms with van der Waals surface area (Å²) in [7, 11) is 0. The number of hydrogen-bond acceptors (Lipinski definition) is 4. The summed E-state index contributed by atoms with van der Waals surface area (Å²) in [5.74, 6) is -1.78. The highest BCUT2D eigenvalue weighted by atomic mass is 35.5. The molecule has 0 bridgehead atoms. The van der Waals surface area contributed by atoms with Crippen LogP contribution in [0, 0.1) is 0 Å². The first-order valence-electron chi connectivity index (χ1n) is 6.29. The molecule has 1 heterocycles. The summed E-state index contributed by atoms with van der Waals surface area (Å²) in [6.45, 7) is 1.69. The number of carboxylic acid groups (broad SMARTS) is 1. The van der Waals surface area contributed by atoms with Gasteiger partial charge in [0.2, 0.25) is 5.91 Å². The molecule has 0 aliphatic rings. The van der Waals surface area contributed by atoms with Gasteiger partial charge in [-0.2, -0.15) is 0 Å². The molecule has 2 rings (SSSR count). The second-order valence-electron chi connectivity index (χ2n) is 4.58. The molecule has 0 aliphatic heterocycles. The number of nitrogens with zero attached hydrogens (tertiary/aromatic N) is 1. The van der Waals surface area contributed by atoms with Gasteiger partial charge in [0.25, 0.3) is 0 Å². The summed E-state index contributed by atoms with van der Waals surface area (Å²) in [5, 5.41) is 14.5. The number of halogens is 2. The van der Waals surface area contributed by atoms with Crippen molar-refractivity contribution >= 4 is 52.1 Å². The van der Waals surface area contributed by atoms with E-state index in [1.54, 1.807) is 30.5 Å². The number of aliphatic carboxylic acids is 1. The van der Waals surface area contributed by atoms with Crippen LogP contribution in [-0.4, -0.2) is 22.0 Å². The molecule has 1 aromatic carbocycles. The van der Waals surface area contributed by atoms with Gasteiger partial charge in [-0.05, 0) is 25.1 Å². The Kier molecular flexibility index (Phi) is 5.39. The molecule has 116 valence electrons. The molecule has 22 heavy (non-hydrogen) atoms.